The van der Waals surface area contributed by atoms with Gasteiger partial charge < -0.3 is 25.4 Å². The molecule has 8 nitrogen and oxygen atoms in total. The molecule has 3 aromatic carbocycles. The van der Waals surface area contributed by atoms with Gasteiger partial charge in [0.25, 0.3) is 0 Å². The van der Waals surface area contributed by atoms with E-state index in [0.29, 0.717) is 42.1 Å². The summed E-state index contributed by atoms with van der Waals surface area (Å²) in [4.78, 5) is 44.2. The van der Waals surface area contributed by atoms with Crippen LogP contribution in [0.3, 0.4) is 0 Å². The van der Waals surface area contributed by atoms with Crippen LogP contribution >= 0.6 is 11.6 Å². The van der Waals surface area contributed by atoms with E-state index in [-0.39, 0.29) is 11.8 Å². The second kappa shape index (κ2) is 11.2. The Hall–Kier alpha value is -3.72. The molecular weight excluding hydrogens is 554 g/mol. The van der Waals surface area contributed by atoms with Crippen molar-refractivity contribution in [2.45, 2.75) is 56.0 Å². The Morgan fingerprint density at radius 3 is 2.31 bits per heavy atom. The van der Waals surface area contributed by atoms with E-state index in [1.165, 1.54) is 4.90 Å². The number of amides is 3. The highest BCUT2D eigenvalue weighted by molar-refractivity contribution is 6.30. The fourth-order valence-corrected chi connectivity index (χ4v) is 7.48. The summed E-state index contributed by atoms with van der Waals surface area (Å²) in [6, 6.07) is 23.6. The fraction of sp³-hybridized carbons (Fsp3) is 0.364. The zero-order valence-electron chi connectivity index (χ0n) is 23.3. The molecule has 6 rings (SSSR count). The Bertz CT molecular complexity index is 1470. The van der Waals surface area contributed by atoms with Crippen molar-refractivity contribution in [1.29, 1.82) is 0 Å². The topological polar surface area (TPSA) is 108 Å². The van der Waals surface area contributed by atoms with Gasteiger partial charge in [-0.05, 0) is 54.7 Å². The number of anilines is 1. The molecular formula is C33H34ClN3O5. The third kappa shape index (κ3) is 4.58. The number of benzene rings is 3. The Morgan fingerprint density at radius 2 is 1.67 bits per heavy atom. The van der Waals surface area contributed by atoms with E-state index < -0.39 is 47.6 Å². The molecule has 0 radical (unpaired) electrons. The lowest BCUT2D eigenvalue weighted by atomic mass is 9.65. The van der Waals surface area contributed by atoms with Gasteiger partial charge in [0.1, 0.15) is 11.6 Å². The van der Waals surface area contributed by atoms with E-state index >= 15 is 0 Å². The van der Waals surface area contributed by atoms with Gasteiger partial charge in [0.05, 0.1) is 30.1 Å². The molecule has 3 aliphatic rings. The van der Waals surface area contributed by atoms with Gasteiger partial charge in [0.15, 0.2) is 0 Å². The Labute approximate surface area is 250 Å². The summed E-state index contributed by atoms with van der Waals surface area (Å²) < 4.78 is 6.84. The number of likely N-dealkylation sites (tertiary alicyclic amines) is 1. The van der Waals surface area contributed by atoms with E-state index in [1.807, 2.05) is 67.6 Å². The maximum atomic E-state index is 14.6. The summed E-state index contributed by atoms with van der Waals surface area (Å²) in [7, 11) is 0. The smallest absolute Gasteiger partial charge is 0.250 e. The summed E-state index contributed by atoms with van der Waals surface area (Å²) >= 11 is 6.06. The lowest BCUT2D eigenvalue weighted by Gasteiger charge is -2.37. The van der Waals surface area contributed by atoms with Crippen LogP contribution in [0.15, 0.2) is 84.9 Å². The third-order valence-electron chi connectivity index (χ3n) is 9.26. The van der Waals surface area contributed by atoms with Crippen molar-refractivity contribution in [2.75, 3.05) is 11.9 Å². The SMILES string of the molecule is CC[C@@]12CCC3(O1)C(C(=O)Nc1ccc(Cl)cc1)N([C@H](CO)c1ccccc1)C(=O)[C@@H]3[C@@H]2C(=O)NCc1ccccc1. The zero-order valence-corrected chi connectivity index (χ0v) is 24.1. The number of nitrogens with one attached hydrogen (secondary N) is 2. The van der Waals surface area contributed by atoms with E-state index in [9.17, 15) is 19.5 Å². The first-order chi connectivity index (χ1) is 20.3. The maximum absolute atomic E-state index is 14.6. The second-order valence-corrected chi connectivity index (χ2v) is 11.8. The molecule has 3 fully saturated rings. The van der Waals surface area contributed by atoms with Crippen molar-refractivity contribution in [3.05, 3.63) is 101 Å². The van der Waals surface area contributed by atoms with Gasteiger partial charge >= 0.3 is 0 Å². The quantitative estimate of drug-likeness (QED) is 0.342. The number of ether oxygens (including phenoxy) is 1. The molecule has 3 N–H and O–H groups in total. The van der Waals surface area contributed by atoms with Crippen LogP contribution in [0.4, 0.5) is 5.69 Å². The molecule has 3 saturated heterocycles. The van der Waals surface area contributed by atoms with E-state index in [0.717, 1.165) is 5.56 Å². The van der Waals surface area contributed by atoms with Gasteiger partial charge in [-0.3, -0.25) is 14.4 Å². The maximum Gasteiger partial charge on any atom is 0.250 e. The van der Waals surface area contributed by atoms with Gasteiger partial charge in [0.2, 0.25) is 17.7 Å². The van der Waals surface area contributed by atoms with Crippen LogP contribution in [-0.2, 0) is 25.7 Å². The molecule has 3 amide bonds. The zero-order chi connectivity index (χ0) is 29.5. The number of hydrogen-bond acceptors (Lipinski definition) is 5. The van der Waals surface area contributed by atoms with Crippen LogP contribution in [-0.4, -0.2) is 51.6 Å². The molecule has 42 heavy (non-hydrogen) atoms. The van der Waals surface area contributed by atoms with Gasteiger partial charge in [0, 0.05) is 17.3 Å². The minimum Gasteiger partial charge on any atom is -0.394 e. The highest BCUT2D eigenvalue weighted by atomic mass is 35.5. The van der Waals surface area contributed by atoms with Crippen LogP contribution in [0.1, 0.15) is 43.4 Å². The number of carbonyl (C=O) groups excluding carboxylic acids is 3. The van der Waals surface area contributed by atoms with Gasteiger partial charge in [-0.1, -0.05) is 79.2 Å². The van der Waals surface area contributed by atoms with Crippen molar-refractivity contribution < 1.29 is 24.2 Å². The lowest BCUT2D eigenvalue weighted by molar-refractivity contribution is -0.149. The largest absolute Gasteiger partial charge is 0.394 e. The van der Waals surface area contributed by atoms with E-state index in [2.05, 4.69) is 10.6 Å². The van der Waals surface area contributed by atoms with Crippen LogP contribution < -0.4 is 10.6 Å². The number of rotatable bonds is 9. The molecule has 6 atom stereocenters. The lowest BCUT2D eigenvalue weighted by Crippen LogP contribution is -2.54. The highest BCUT2D eigenvalue weighted by Crippen LogP contribution is 2.65. The minimum atomic E-state index is -1.22. The summed E-state index contributed by atoms with van der Waals surface area (Å²) in [6.07, 6.45) is 1.52. The molecule has 3 aliphatic heterocycles. The first-order valence-electron chi connectivity index (χ1n) is 14.4. The Kier molecular flexibility index (Phi) is 7.55. The van der Waals surface area contributed by atoms with E-state index in [4.69, 9.17) is 16.3 Å². The second-order valence-electron chi connectivity index (χ2n) is 11.4. The summed E-state index contributed by atoms with van der Waals surface area (Å²) in [5.41, 5.74) is 0.0680. The molecule has 0 aliphatic carbocycles. The van der Waals surface area contributed by atoms with Crippen LogP contribution in [0.25, 0.3) is 0 Å². The number of aliphatic hydroxyl groups excluding tert-OH is 1. The average molecular weight is 588 g/mol. The summed E-state index contributed by atoms with van der Waals surface area (Å²) in [5, 5.41) is 17.1. The molecule has 3 heterocycles. The average Bonchev–Trinajstić information content (AvgIpc) is 3.62. The first kappa shape index (κ1) is 28.4. The number of hydrogen-bond donors (Lipinski definition) is 3. The van der Waals surface area contributed by atoms with Crippen LogP contribution in [0, 0.1) is 11.8 Å². The van der Waals surface area contributed by atoms with Crippen molar-refractivity contribution in [3.63, 3.8) is 0 Å². The Morgan fingerprint density at radius 1 is 1.00 bits per heavy atom. The molecule has 0 aromatic heterocycles. The summed E-state index contributed by atoms with van der Waals surface area (Å²) in [6.45, 7) is 1.88. The van der Waals surface area contributed by atoms with Crippen molar-refractivity contribution in [2.24, 2.45) is 11.8 Å². The molecule has 1 spiro atoms. The van der Waals surface area contributed by atoms with Crippen LogP contribution in [0.2, 0.25) is 5.02 Å². The molecule has 2 bridgehead atoms. The summed E-state index contributed by atoms with van der Waals surface area (Å²) in [5.74, 6) is -2.71. The third-order valence-corrected chi connectivity index (χ3v) is 9.52. The highest BCUT2D eigenvalue weighted by Gasteiger charge is 2.79. The van der Waals surface area contributed by atoms with Crippen molar-refractivity contribution in [3.8, 4) is 0 Å². The molecule has 0 saturated carbocycles. The number of halogens is 1. The van der Waals surface area contributed by atoms with Gasteiger partial charge in [-0.15, -0.1) is 0 Å². The number of carbonyl (C=O) groups is 3. The number of aliphatic hydroxyl groups is 1. The van der Waals surface area contributed by atoms with Crippen molar-refractivity contribution in [1.82, 2.24) is 10.2 Å². The number of nitrogens with zero attached hydrogens (tertiary/aromatic N) is 1. The minimum absolute atomic E-state index is 0.264. The fourth-order valence-electron chi connectivity index (χ4n) is 7.36. The molecule has 218 valence electrons. The van der Waals surface area contributed by atoms with Crippen LogP contribution in [0.5, 0.6) is 0 Å². The van der Waals surface area contributed by atoms with Gasteiger partial charge in [-0.25, -0.2) is 0 Å². The monoisotopic (exact) mass is 587 g/mol. The standard InChI is InChI=1S/C33H34ClN3O5/c1-2-32-17-18-33(42-32)27(26(32)29(39)35-19-21-9-5-3-6-10-21)31(41)37(25(20-38)22-11-7-4-8-12-22)28(33)30(40)36-24-15-13-23(34)14-16-24/h3-16,25-28,38H,2,17-20H2,1H3,(H,35,39)(H,36,40)/t25-,26-,27+,28?,32+,33?/m1/s1. The van der Waals surface area contributed by atoms with Crippen molar-refractivity contribution >= 4 is 35.0 Å². The predicted octanol–water partition coefficient (Wildman–Crippen LogP) is 4.48. The van der Waals surface area contributed by atoms with Gasteiger partial charge in [-0.2, -0.15) is 0 Å². The number of fused-ring (bicyclic) bond motifs is 1. The predicted molar refractivity (Wildman–Crippen MR) is 158 cm³/mol. The normalized spacial score (nSPS) is 28.4. The molecule has 3 aromatic rings. The van der Waals surface area contributed by atoms with E-state index in [1.54, 1.807) is 24.3 Å². The molecule has 9 heteroatoms. The Balaban J connectivity index is 1.40. The molecule has 2 unspecified atom stereocenters. The first-order valence-corrected chi connectivity index (χ1v) is 14.8.